The lowest BCUT2D eigenvalue weighted by atomic mass is 10.2. The van der Waals surface area contributed by atoms with Gasteiger partial charge in [-0.2, -0.15) is 0 Å². The predicted octanol–water partition coefficient (Wildman–Crippen LogP) is 1.77. The van der Waals surface area contributed by atoms with Crippen molar-refractivity contribution in [3.63, 3.8) is 0 Å². The van der Waals surface area contributed by atoms with E-state index in [4.69, 9.17) is 14.9 Å². The Morgan fingerprint density at radius 1 is 1.11 bits per heavy atom. The SMILES string of the molecule is Nc1ccc(Br)cc1C(=O)OCC(=O)N1CCN(C(=O)c2ccco2)CC1. The summed E-state index contributed by atoms with van der Waals surface area (Å²) in [6, 6.07) is 8.09. The van der Waals surface area contributed by atoms with Gasteiger partial charge in [0.1, 0.15) is 0 Å². The standard InChI is InChI=1S/C18H18BrN3O5/c19-12-3-4-14(20)13(10-12)18(25)27-11-16(23)21-5-7-22(8-6-21)17(24)15-2-1-9-26-15/h1-4,9-10H,5-8,11,20H2. The van der Waals surface area contributed by atoms with Crippen molar-refractivity contribution in [2.24, 2.45) is 0 Å². The van der Waals surface area contributed by atoms with Crippen molar-refractivity contribution in [1.29, 1.82) is 0 Å². The number of ether oxygens (including phenoxy) is 1. The van der Waals surface area contributed by atoms with Gasteiger partial charge in [-0.1, -0.05) is 15.9 Å². The van der Waals surface area contributed by atoms with E-state index in [1.54, 1.807) is 40.1 Å². The number of anilines is 1. The molecule has 8 nitrogen and oxygen atoms in total. The second kappa shape index (κ2) is 8.26. The van der Waals surface area contributed by atoms with Gasteiger partial charge in [0.05, 0.1) is 11.8 Å². The van der Waals surface area contributed by atoms with Gasteiger partial charge in [0, 0.05) is 36.3 Å². The summed E-state index contributed by atoms with van der Waals surface area (Å²) in [7, 11) is 0. The van der Waals surface area contributed by atoms with Crippen molar-refractivity contribution < 1.29 is 23.5 Å². The molecule has 2 aromatic rings. The lowest BCUT2D eigenvalue weighted by molar-refractivity contribution is -0.136. The Kier molecular flexibility index (Phi) is 5.80. The number of nitrogens with zero attached hydrogens (tertiary/aromatic N) is 2. The van der Waals surface area contributed by atoms with Crippen molar-refractivity contribution in [2.45, 2.75) is 0 Å². The van der Waals surface area contributed by atoms with E-state index in [2.05, 4.69) is 15.9 Å². The number of nitrogen functional groups attached to an aromatic ring is 1. The van der Waals surface area contributed by atoms with E-state index in [0.29, 0.717) is 30.7 Å². The van der Waals surface area contributed by atoms with E-state index in [9.17, 15) is 14.4 Å². The Morgan fingerprint density at radius 2 is 1.81 bits per heavy atom. The molecule has 1 saturated heterocycles. The number of esters is 1. The Labute approximate surface area is 164 Å². The second-order valence-corrected chi connectivity index (χ2v) is 6.87. The summed E-state index contributed by atoms with van der Waals surface area (Å²) in [5, 5.41) is 0. The first-order valence-electron chi connectivity index (χ1n) is 8.28. The van der Waals surface area contributed by atoms with E-state index >= 15 is 0 Å². The molecule has 1 aromatic carbocycles. The van der Waals surface area contributed by atoms with E-state index < -0.39 is 5.97 Å². The van der Waals surface area contributed by atoms with Gasteiger partial charge in [0.2, 0.25) is 0 Å². The molecule has 2 heterocycles. The van der Waals surface area contributed by atoms with Crippen LogP contribution in [0.2, 0.25) is 0 Å². The number of benzene rings is 1. The first-order valence-corrected chi connectivity index (χ1v) is 9.07. The number of amides is 2. The maximum atomic E-state index is 12.3. The van der Waals surface area contributed by atoms with Gasteiger partial charge in [-0.05, 0) is 30.3 Å². The number of furan rings is 1. The van der Waals surface area contributed by atoms with Crippen LogP contribution in [0.5, 0.6) is 0 Å². The molecule has 0 bridgehead atoms. The Balaban J connectivity index is 1.49. The summed E-state index contributed by atoms with van der Waals surface area (Å²) >= 11 is 3.26. The number of rotatable bonds is 4. The molecule has 1 aromatic heterocycles. The molecule has 9 heteroatoms. The summed E-state index contributed by atoms with van der Waals surface area (Å²) < 4.78 is 10.9. The molecular formula is C18H18BrN3O5. The zero-order chi connectivity index (χ0) is 19.4. The maximum Gasteiger partial charge on any atom is 0.340 e. The highest BCUT2D eigenvalue weighted by Crippen LogP contribution is 2.19. The molecular weight excluding hydrogens is 418 g/mol. The summed E-state index contributed by atoms with van der Waals surface area (Å²) in [6.45, 7) is 1.12. The molecule has 1 fully saturated rings. The van der Waals surface area contributed by atoms with Crippen LogP contribution < -0.4 is 5.73 Å². The summed E-state index contributed by atoms with van der Waals surface area (Å²) in [5.74, 6) is -0.908. The minimum absolute atomic E-state index is 0.200. The maximum absolute atomic E-state index is 12.3. The number of nitrogens with two attached hydrogens (primary N) is 1. The average molecular weight is 436 g/mol. The van der Waals surface area contributed by atoms with Crippen LogP contribution in [0.25, 0.3) is 0 Å². The van der Waals surface area contributed by atoms with Crippen LogP contribution in [0.15, 0.2) is 45.5 Å². The van der Waals surface area contributed by atoms with Gasteiger partial charge >= 0.3 is 5.97 Å². The monoisotopic (exact) mass is 435 g/mol. The largest absolute Gasteiger partial charge is 0.459 e. The minimum atomic E-state index is -0.659. The van der Waals surface area contributed by atoms with Gasteiger partial charge < -0.3 is 24.7 Å². The number of piperazine rings is 1. The fraction of sp³-hybridized carbons (Fsp3) is 0.278. The molecule has 0 unspecified atom stereocenters. The predicted molar refractivity (Wildman–Crippen MR) is 100 cm³/mol. The van der Waals surface area contributed by atoms with E-state index in [1.165, 1.54) is 6.26 Å². The van der Waals surface area contributed by atoms with Gasteiger partial charge in [-0.15, -0.1) is 0 Å². The molecule has 1 aliphatic rings. The second-order valence-electron chi connectivity index (χ2n) is 5.96. The first-order chi connectivity index (χ1) is 13.0. The number of carbonyl (C=O) groups is 3. The first kappa shape index (κ1) is 19.0. The van der Waals surface area contributed by atoms with Crippen LogP contribution in [0.3, 0.4) is 0 Å². The van der Waals surface area contributed by atoms with E-state index in [0.717, 1.165) is 0 Å². The Bertz CT molecular complexity index is 845. The van der Waals surface area contributed by atoms with Crippen molar-refractivity contribution in [3.05, 3.63) is 52.4 Å². The fourth-order valence-electron chi connectivity index (χ4n) is 2.72. The van der Waals surface area contributed by atoms with Crippen LogP contribution in [-0.4, -0.2) is 60.4 Å². The normalized spacial score (nSPS) is 14.1. The molecule has 0 atom stereocenters. The molecule has 27 heavy (non-hydrogen) atoms. The van der Waals surface area contributed by atoms with Gasteiger partial charge in [0.15, 0.2) is 12.4 Å². The van der Waals surface area contributed by atoms with Gasteiger partial charge in [-0.25, -0.2) is 4.79 Å². The summed E-state index contributed by atoms with van der Waals surface area (Å²) in [6.07, 6.45) is 1.44. The third-order valence-corrected chi connectivity index (χ3v) is 4.71. The van der Waals surface area contributed by atoms with Crippen LogP contribution in [0.1, 0.15) is 20.9 Å². The molecule has 142 valence electrons. The molecule has 2 N–H and O–H groups in total. The molecule has 3 rings (SSSR count). The molecule has 2 amide bonds. The zero-order valence-corrected chi connectivity index (χ0v) is 16.0. The van der Waals surface area contributed by atoms with Crippen molar-refractivity contribution in [2.75, 3.05) is 38.5 Å². The smallest absolute Gasteiger partial charge is 0.340 e. The lowest BCUT2D eigenvalue weighted by Gasteiger charge is -2.34. The quantitative estimate of drug-likeness (QED) is 0.579. The van der Waals surface area contributed by atoms with Crippen LogP contribution in [0, 0.1) is 0 Å². The summed E-state index contributed by atoms with van der Waals surface area (Å²) in [4.78, 5) is 39.8. The average Bonchev–Trinajstić information content (AvgIpc) is 3.22. The van der Waals surface area contributed by atoms with Crippen molar-refractivity contribution in [1.82, 2.24) is 9.80 Å². The topological polar surface area (TPSA) is 106 Å². The van der Waals surface area contributed by atoms with Crippen molar-refractivity contribution in [3.8, 4) is 0 Å². The lowest BCUT2D eigenvalue weighted by Crippen LogP contribution is -2.51. The van der Waals surface area contributed by atoms with Crippen LogP contribution in [-0.2, 0) is 9.53 Å². The molecule has 0 aliphatic carbocycles. The zero-order valence-electron chi connectivity index (χ0n) is 14.4. The number of hydrogen-bond acceptors (Lipinski definition) is 6. The number of halogens is 1. The highest BCUT2D eigenvalue weighted by Gasteiger charge is 2.26. The van der Waals surface area contributed by atoms with Gasteiger partial charge in [0.25, 0.3) is 11.8 Å². The van der Waals surface area contributed by atoms with E-state index in [1.807, 2.05) is 0 Å². The molecule has 0 saturated carbocycles. The van der Waals surface area contributed by atoms with E-state index in [-0.39, 0.29) is 35.4 Å². The summed E-state index contributed by atoms with van der Waals surface area (Å²) in [5.41, 5.74) is 6.24. The van der Waals surface area contributed by atoms with Crippen LogP contribution >= 0.6 is 15.9 Å². The third kappa shape index (κ3) is 4.48. The molecule has 1 aliphatic heterocycles. The minimum Gasteiger partial charge on any atom is -0.459 e. The highest BCUT2D eigenvalue weighted by atomic mass is 79.9. The molecule has 0 radical (unpaired) electrons. The number of hydrogen-bond donors (Lipinski definition) is 1. The highest BCUT2D eigenvalue weighted by molar-refractivity contribution is 9.10. The molecule has 0 spiro atoms. The Morgan fingerprint density at radius 3 is 2.48 bits per heavy atom. The number of carbonyl (C=O) groups excluding carboxylic acids is 3. The third-order valence-electron chi connectivity index (χ3n) is 4.21. The van der Waals surface area contributed by atoms with Crippen molar-refractivity contribution >= 4 is 39.4 Å². The van der Waals surface area contributed by atoms with Gasteiger partial charge in [-0.3, -0.25) is 9.59 Å². The fourth-order valence-corrected chi connectivity index (χ4v) is 3.08. The Hall–Kier alpha value is -2.81. The van der Waals surface area contributed by atoms with Crippen LogP contribution in [0.4, 0.5) is 5.69 Å².